The molecule has 0 saturated carbocycles. The number of halogens is 5. The topological polar surface area (TPSA) is 103 Å². The van der Waals surface area contributed by atoms with Crippen molar-refractivity contribution >= 4 is 39.1 Å². The van der Waals surface area contributed by atoms with Crippen LogP contribution in [0.15, 0.2) is 46.1 Å². The van der Waals surface area contributed by atoms with E-state index in [9.17, 15) is 31.2 Å². The average molecular weight is 537 g/mol. The first-order valence-corrected chi connectivity index (χ1v) is 11.8. The van der Waals surface area contributed by atoms with Crippen LogP contribution in [0.2, 0.25) is 5.02 Å². The third-order valence-electron chi connectivity index (χ3n) is 4.77. The van der Waals surface area contributed by atoms with E-state index in [1.165, 1.54) is 12.1 Å². The summed E-state index contributed by atoms with van der Waals surface area (Å²) in [6, 6.07) is 7.57. The molecule has 0 radical (unpaired) electrons. The number of hydrogen-bond acceptors (Lipinski definition) is 5. The third kappa shape index (κ3) is 5.29. The Morgan fingerprint density at radius 2 is 1.79 bits per heavy atom. The Bertz CT molecular complexity index is 1410. The summed E-state index contributed by atoms with van der Waals surface area (Å²) in [5, 5.41) is 2.00. The van der Waals surface area contributed by atoms with Crippen molar-refractivity contribution in [2.75, 3.05) is 0 Å². The van der Waals surface area contributed by atoms with Gasteiger partial charge in [0.05, 0.1) is 4.90 Å². The van der Waals surface area contributed by atoms with E-state index in [1.54, 1.807) is 19.1 Å². The van der Waals surface area contributed by atoms with Gasteiger partial charge in [-0.3, -0.25) is 4.79 Å². The average Bonchev–Trinajstić information content (AvgIpc) is 3.03. The smallest absolute Gasteiger partial charge is 0.272 e. The molecule has 0 saturated heterocycles. The molecule has 1 N–H and O–H groups in total. The van der Waals surface area contributed by atoms with E-state index in [2.05, 4.69) is 5.10 Å². The Labute approximate surface area is 202 Å². The number of carbonyl (C=O) groups excluding carboxylic acids is 1. The number of aryl methyl sites for hydroxylation is 2. The number of alkyl halides is 3. The molecule has 0 aliphatic carbocycles. The second-order valence-corrected chi connectivity index (χ2v) is 9.86. The summed E-state index contributed by atoms with van der Waals surface area (Å²) in [5.41, 5.74) is -0.917. The highest BCUT2D eigenvalue weighted by atomic mass is 35.5. The monoisotopic (exact) mass is 536 g/mol. The number of nitrogens with one attached hydrogen (secondary N) is 1. The Kier molecular flexibility index (Phi) is 7.44. The van der Waals surface area contributed by atoms with Gasteiger partial charge < -0.3 is 0 Å². The van der Waals surface area contributed by atoms with Crippen LogP contribution in [0.5, 0.6) is 0 Å². The lowest BCUT2D eigenvalue weighted by molar-refractivity contribution is -0.119. The summed E-state index contributed by atoms with van der Waals surface area (Å²) in [5.74, 6) is -2.46. The van der Waals surface area contributed by atoms with Gasteiger partial charge in [0.15, 0.2) is 5.82 Å². The van der Waals surface area contributed by atoms with Crippen molar-refractivity contribution in [1.29, 1.82) is 0 Å². The zero-order valence-electron chi connectivity index (χ0n) is 17.6. The van der Waals surface area contributed by atoms with E-state index >= 15 is 0 Å². The van der Waals surface area contributed by atoms with Gasteiger partial charge in [0.1, 0.15) is 16.9 Å². The Morgan fingerprint density at radius 1 is 1.18 bits per heavy atom. The standard InChI is InChI=1S/C20H17Cl2F3N4O4S/c1-10-3-5-13(6-4-10)34(32,33)27-18(30)15(22)7-12-8-17(16(23)9-14(12)21)29-20(31)28(19(24)25)11(2)26-29/h3-6,8-9,15,19H,7H2,1-2H3,(H,27,30). The van der Waals surface area contributed by atoms with Gasteiger partial charge in [0.25, 0.3) is 15.9 Å². The lowest BCUT2D eigenvalue weighted by atomic mass is 10.1. The second-order valence-electron chi connectivity index (χ2n) is 7.24. The van der Waals surface area contributed by atoms with E-state index < -0.39 is 45.1 Å². The summed E-state index contributed by atoms with van der Waals surface area (Å²) in [7, 11) is -4.20. The van der Waals surface area contributed by atoms with E-state index in [1.807, 2.05) is 4.72 Å². The normalized spacial score (nSPS) is 12.7. The highest BCUT2D eigenvalue weighted by Crippen LogP contribution is 2.25. The fourth-order valence-corrected chi connectivity index (χ4v) is 4.55. The Balaban J connectivity index is 1.87. The van der Waals surface area contributed by atoms with Gasteiger partial charge in [-0.25, -0.2) is 26.9 Å². The van der Waals surface area contributed by atoms with Crippen molar-refractivity contribution in [1.82, 2.24) is 19.1 Å². The van der Waals surface area contributed by atoms with Gasteiger partial charge in [-0.1, -0.05) is 29.3 Å². The van der Waals surface area contributed by atoms with Crippen molar-refractivity contribution in [3.63, 3.8) is 0 Å². The van der Waals surface area contributed by atoms with E-state index in [-0.39, 0.29) is 32.3 Å². The SMILES string of the molecule is Cc1ccc(S(=O)(=O)NC(=O)C(Cl)Cc2cc(-n3nc(C)n(C(F)F)c3=O)c(F)cc2Cl)cc1. The van der Waals surface area contributed by atoms with Gasteiger partial charge in [0, 0.05) is 5.02 Å². The molecule has 0 fully saturated rings. The summed E-state index contributed by atoms with van der Waals surface area (Å²) in [6.45, 7) is -0.285. The molecule has 1 heterocycles. The molecular weight excluding hydrogens is 520 g/mol. The fraction of sp³-hybridized carbons (Fsp3) is 0.250. The van der Waals surface area contributed by atoms with Crippen LogP contribution in [0, 0.1) is 19.7 Å². The summed E-state index contributed by atoms with van der Waals surface area (Å²) >= 11 is 12.1. The second kappa shape index (κ2) is 9.80. The molecule has 3 aromatic rings. The van der Waals surface area contributed by atoms with Crippen LogP contribution in [-0.2, 0) is 21.2 Å². The van der Waals surface area contributed by atoms with Crippen molar-refractivity contribution < 1.29 is 26.4 Å². The first kappa shape index (κ1) is 25.8. The lowest BCUT2D eigenvalue weighted by Gasteiger charge is -2.13. The number of sulfonamides is 1. The molecule has 0 bridgehead atoms. The van der Waals surface area contributed by atoms with Crippen LogP contribution < -0.4 is 10.4 Å². The molecule has 1 unspecified atom stereocenters. The first-order valence-electron chi connectivity index (χ1n) is 9.54. The lowest BCUT2D eigenvalue weighted by Crippen LogP contribution is -2.37. The molecule has 3 rings (SSSR count). The Morgan fingerprint density at radius 3 is 2.35 bits per heavy atom. The van der Waals surface area contributed by atoms with Crippen LogP contribution in [0.25, 0.3) is 5.69 Å². The quantitative estimate of drug-likeness (QED) is 0.465. The van der Waals surface area contributed by atoms with E-state index in [4.69, 9.17) is 23.2 Å². The molecule has 0 spiro atoms. The zero-order valence-corrected chi connectivity index (χ0v) is 19.9. The van der Waals surface area contributed by atoms with Gasteiger partial charge in [-0.15, -0.1) is 16.7 Å². The molecule has 1 amide bonds. The number of amides is 1. The van der Waals surface area contributed by atoms with Crippen LogP contribution >= 0.6 is 23.2 Å². The van der Waals surface area contributed by atoms with Gasteiger partial charge in [0.2, 0.25) is 0 Å². The maximum absolute atomic E-state index is 14.5. The zero-order chi connectivity index (χ0) is 25.4. The molecule has 34 heavy (non-hydrogen) atoms. The predicted octanol–water partition coefficient (Wildman–Crippen LogP) is 3.49. The minimum absolute atomic E-state index is 0.0529. The molecule has 1 aromatic heterocycles. The highest BCUT2D eigenvalue weighted by molar-refractivity contribution is 7.90. The van der Waals surface area contributed by atoms with Crippen molar-refractivity contribution in [3.05, 3.63) is 74.7 Å². The Hall–Kier alpha value is -2.83. The number of hydrogen-bond donors (Lipinski definition) is 1. The predicted molar refractivity (Wildman–Crippen MR) is 119 cm³/mol. The largest absolute Gasteiger partial charge is 0.355 e. The van der Waals surface area contributed by atoms with E-state index in [0.29, 0.717) is 4.68 Å². The summed E-state index contributed by atoms with van der Waals surface area (Å²) < 4.78 is 67.8. The van der Waals surface area contributed by atoms with Crippen molar-refractivity contribution in [2.24, 2.45) is 0 Å². The van der Waals surface area contributed by atoms with Crippen LogP contribution in [-0.4, -0.2) is 34.0 Å². The number of rotatable bonds is 7. The van der Waals surface area contributed by atoms with Gasteiger partial charge in [-0.05, 0) is 50.1 Å². The fourth-order valence-electron chi connectivity index (χ4n) is 3.02. The minimum Gasteiger partial charge on any atom is -0.272 e. The number of benzene rings is 2. The number of nitrogens with zero attached hydrogens (tertiary/aromatic N) is 3. The first-order chi connectivity index (χ1) is 15.8. The molecule has 182 valence electrons. The summed E-state index contributed by atoms with van der Waals surface area (Å²) in [4.78, 5) is 24.5. The third-order valence-corrected chi connectivity index (χ3v) is 6.84. The van der Waals surface area contributed by atoms with Crippen LogP contribution in [0.1, 0.15) is 23.5 Å². The van der Waals surface area contributed by atoms with Crippen LogP contribution in [0.3, 0.4) is 0 Å². The molecule has 8 nitrogen and oxygen atoms in total. The van der Waals surface area contributed by atoms with E-state index in [0.717, 1.165) is 24.6 Å². The maximum atomic E-state index is 14.5. The van der Waals surface area contributed by atoms with Gasteiger partial charge >= 0.3 is 12.2 Å². The molecule has 0 aliphatic heterocycles. The van der Waals surface area contributed by atoms with Crippen LogP contribution in [0.4, 0.5) is 13.2 Å². The van der Waals surface area contributed by atoms with Crippen molar-refractivity contribution in [3.8, 4) is 5.69 Å². The molecule has 1 atom stereocenters. The summed E-state index contributed by atoms with van der Waals surface area (Å²) in [6.07, 6.45) is -0.369. The van der Waals surface area contributed by atoms with Gasteiger partial charge in [-0.2, -0.15) is 13.5 Å². The molecule has 14 heteroatoms. The minimum atomic E-state index is -4.20. The highest BCUT2D eigenvalue weighted by Gasteiger charge is 2.26. The number of carbonyl (C=O) groups is 1. The molecule has 2 aromatic carbocycles. The molecule has 0 aliphatic rings. The number of aromatic nitrogens is 3. The van der Waals surface area contributed by atoms with Crippen molar-refractivity contribution in [2.45, 2.75) is 37.1 Å². The molecular formula is C20H17Cl2F3N4O4S. The maximum Gasteiger partial charge on any atom is 0.355 e.